The van der Waals surface area contributed by atoms with Gasteiger partial charge >= 0.3 is 0 Å². The Morgan fingerprint density at radius 1 is 1.00 bits per heavy atom. The average Bonchev–Trinajstić information content (AvgIpc) is 3.12. The molecular weight excluding hydrogens is 446 g/mol. The number of nitrogens with zero attached hydrogens (tertiary/aromatic N) is 2. The number of hydrogen-bond acceptors (Lipinski definition) is 3. The molecule has 2 heterocycles. The molecule has 1 atom stereocenters. The molecule has 0 saturated carbocycles. The van der Waals surface area contributed by atoms with Crippen molar-refractivity contribution in [2.24, 2.45) is 0 Å². The van der Waals surface area contributed by atoms with E-state index in [1.54, 1.807) is 7.11 Å². The topological polar surface area (TPSA) is 46.5 Å². The van der Waals surface area contributed by atoms with Gasteiger partial charge in [0.1, 0.15) is 5.75 Å². The molecule has 2 aliphatic rings. The lowest BCUT2D eigenvalue weighted by Crippen LogP contribution is -2.42. The van der Waals surface area contributed by atoms with Crippen molar-refractivity contribution in [3.8, 4) is 22.7 Å². The summed E-state index contributed by atoms with van der Waals surface area (Å²) in [5.41, 5.74) is 7.00. The van der Waals surface area contributed by atoms with Crippen LogP contribution in [0.25, 0.3) is 16.9 Å². The van der Waals surface area contributed by atoms with Crippen LogP contribution in [0.15, 0.2) is 54.6 Å². The van der Waals surface area contributed by atoms with Crippen molar-refractivity contribution in [3.05, 3.63) is 71.4 Å². The molecule has 1 aliphatic heterocycles. The monoisotopic (exact) mass is 485 g/mol. The molecular formula is C31H39N3O2. The van der Waals surface area contributed by atoms with Gasteiger partial charge in [0.05, 0.1) is 12.8 Å². The lowest BCUT2D eigenvalue weighted by atomic mass is 10.0. The van der Waals surface area contributed by atoms with Crippen molar-refractivity contribution in [2.75, 3.05) is 26.7 Å². The minimum Gasteiger partial charge on any atom is -0.497 e. The van der Waals surface area contributed by atoms with E-state index in [1.807, 2.05) is 18.2 Å². The lowest BCUT2D eigenvalue weighted by molar-refractivity contribution is 0.0938. The molecule has 1 fully saturated rings. The summed E-state index contributed by atoms with van der Waals surface area (Å²) in [5.74, 6) is 0.868. The van der Waals surface area contributed by atoms with Crippen LogP contribution in [0.2, 0.25) is 0 Å². The highest BCUT2D eigenvalue weighted by atomic mass is 16.5. The molecule has 1 aromatic heterocycles. The van der Waals surface area contributed by atoms with Gasteiger partial charge in [-0.3, -0.25) is 9.69 Å². The van der Waals surface area contributed by atoms with E-state index in [9.17, 15) is 4.79 Å². The molecule has 1 amide bonds. The Labute approximate surface area is 215 Å². The molecule has 190 valence electrons. The Balaban J connectivity index is 1.36. The number of piperidine rings is 1. The molecule has 1 aliphatic carbocycles. The van der Waals surface area contributed by atoms with Crippen LogP contribution in [-0.2, 0) is 12.8 Å². The van der Waals surface area contributed by atoms with Gasteiger partial charge in [0.25, 0.3) is 5.91 Å². The first-order valence-electron chi connectivity index (χ1n) is 13.6. The number of benzene rings is 2. The van der Waals surface area contributed by atoms with Crippen LogP contribution in [0, 0.1) is 0 Å². The number of likely N-dealkylation sites (tertiary alicyclic amines) is 1. The summed E-state index contributed by atoms with van der Waals surface area (Å²) >= 11 is 0. The average molecular weight is 486 g/mol. The van der Waals surface area contributed by atoms with Crippen LogP contribution in [0.1, 0.15) is 67.1 Å². The number of aryl methyl sites for hydroxylation is 1. The van der Waals surface area contributed by atoms with Gasteiger partial charge in [-0.05, 0) is 100 Å². The van der Waals surface area contributed by atoms with E-state index in [1.165, 1.54) is 55.5 Å². The zero-order valence-corrected chi connectivity index (χ0v) is 21.8. The predicted molar refractivity (Wildman–Crippen MR) is 146 cm³/mol. The van der Waals surface area contributed by atoms with E-state index in [4.69, 9.17) is 4.74 Å². The molecule has 1 saturated heterocycles. The number of fused-ring (bicyclic) bond motifs is 1. The zero-order chi connectivity index (χ0) is 24.9. The maximum atomic E-state index is 12.9. The number of methoxy groups -OCH3 is 1. The van der Waals surface area contributed by atoms with Crippen molar-refractivity contribution in [1.29, 1.82) is 0 Å². The second-order valence-electron chi connectivity index (χ2n) is 10.3. The first-order valence-corrected chi connectivity index (χ1v) is 13.6. The molecule has 0 radical (unpaired) electrons. The molecule has 5 nitrogen and oxygen atoms in total. The van der Waals surface area contributed by atoms with Gasteiger partial charge in [-0.15, -0.1) is 0 Å². The SMILES string of the molecule is COc1cccc(-c2cc3c(n2-c2ccc(C(=O)NCCN4CCCC[C@H]4C)cc2)CCCCC3)c1. The van der Waals surface area contributed by atoms with Crippen molar-refractivity contribution in [1.82, 2.24) is 14.8 Å². The Morgan fingerprint density at radius 3 is 2.64 bits per heavy atom. The predicted octanol–water partition coefficient (Wildman–Crippen LogP) is 6.03. The highest BCUT2D eigenvalue weighted by molar-refractivity contribution is 5.94. The summed E-state index contributed by atoms with van der Waals surface area (Å²) in [7, 11) is 1.71. The van der Waals surface area contributed by atoms with Crippen LogP contribution in [0.4, 0.5) is 0 Å². The first kappa shape index (κ1) is 24.6. The van der Waals surface area contributed by atoms with E-state index in [-0.39, 0.29) is 5.91 Å². The third-order valence-electron chi connectivity index (χ3n) is 7.93. The molecule has 0 bridgehead atoms. The van der Waals surface area contributed by atoms with Crippen LogP contribution < -0.4 is 10.1 Å². The fraction of sp³-hybridized carbons (Fsp3) is 0.452. The van der Waals surface area contributed by atoms with Crippen LogP contribution in [0.5, 0.6) is 5.75 Å². The molecule has 1 N–H and O–H groups in total. The molecule has 2 aromatic carbocycles. The smallest absolute Gasteiger partial charge is 0.251 e. The fourth-order valence-electron chi connectivity index (χ4n) is 5.83. The number of hydrogen-bond donors (Lipinski definition) is 1. The summed E-state index contributed by atoms with van der Waals surface area (Å²) in [6, 6.07) is 19.4. The van der Waals surface area contributed by atoms with Gasteiger partial charge < -0.3 is 14.6 Å². The fourth-order valence-corrected chi connectivity index (χ4v) is 5.83. The van der Waals surface area contributed by atoms with E-state index in [0.717, 1.165) is 42.9 Å². The second-order valence-corrected chi connectivity index (χ2v) is 10.3. The van der Waals surface area contributed by atoms with E-state index >= 15 is 0 Å². The number of nitrogens with one attached hydrogen (secondary N) is 1. The quantitative estimate of drug-likeness (QED) is 0.416. The maximum absolute atomic E-state index is 12.9. The molecule has 0 spiro atoms. The standard InChI is InChI=1S/C31H39N3O2/c1-23-9-6-7-19-33(23)20-18-32-31(35)24-14-16-27(17-15-24)34-29-13-5-3-4-10-26(29)22-30(34)25-11-8-12-28(21-25)36-2/h8,11-12,14-17,21-23H,3-7,9-10,13,18-20H2,1-2H3,(H,32,35)/t23-/m1/s1. The number of amides is 1. The number of carbonyl (C=O) groups is 1. The van der Waals surface area contributed by atoms with E-state index in [0.29, 0.717) is 18.2 Å². The molecule has 36 heavy (non-hydrogen) atoms. The molecule has 5 heteroatoms. The van der Waals surface area contributed by atoms with Gasteiger partial charge in [0.2, 0.25) is 0 Å². The number of aromatic nitrogens is 1. The van der Waals surface area contributed by atoms with Crippen molar-refractivity contribution in [3.63, 3.8) is 0 Å². The van der Waals surface area contributed by atoms with Crippen molar-refractivity contribution >= 4 is 5.91 Å². The van der Waals surface area contributed by atoms with E-state index in [2.05, 4.69) is 58.1 Å². The Morgan fingerprint density at radius 2 is 1.83 bits per heavy atom. The second kappa shape index (κ2) is 11.3. The number of ether oxygens (including phenoxy) is 1. The number of rotatable bonds is 7. The maximum Gasteiger partial charge on any atom is 0.251 e. The zero-order valence-electron chi connectivity index (χ0n) is 21.8. The van der Waals surface area contributed by atoms with Crippen molar-refractivity contribution < 1.29 is 9.53 Å². The minimum atomic E-state index is 0.00515. The van der Waals surface area contributed by atoms with Crippen molar-refractivity contribution in [2.45, 2.75) is 64.3 Å². The highest BCUT2D eigenvalue weighted by Crippen LogP contribution is 2.34. The summed E-state index contributed by atoms with van der Waals surface area (Å²) < 4.78 is 7.90. The summed E-state index contributed by atoms with van der Waals surface area (Å²) in [6.45, 7) is 5.05. The highest BCUT2D eigenvalue weighted by Gasteiger charge is 2.21. The molecule has 5 rings (SSSR count). The Kier molecular flexibility index (Phi) is 7.76. The van der Waals surface area contributed by atoms with Gasteiger partial charge in [0, 0.05) is 41.6 Å². The summed E-state index contributed by atoms with van der Waals surface area (Å²) in [4.78, 5) is 15.3. The third-order valence-corrected chi connectivity index (χ3v) is 7.93. The normalized spacial score (nSPS) is 18.3. The van der Waals surface area contributed by atoms with E-state index < -0.39 is 0 Å². The minimum absolute atomic E-state index is 0.00515. The lowest BCUT2D eigenvalue weighted by Gasteiger charge is -2.33. The van der Waals surface area contributed by atoms with Crippen LogP contribution in [-0.4, -0.2) is 48.2 Å². The molecule has 3 aromatic rings. The number of carbonyl (C=O) groups excluding carboxylic acids is 1. The van der Waals surface area contributed by atoms with Crippen LogP contribution >= 0.6 is 0 Å². The van der Waals surface area contributed by atoms with Gasteiger partial charge in [-0.2, -0.15) is 0 Å². The Bertz CT molecular complexity index is 1180. The third kappa shape index (κ3) is 5.36. The van der Waals surface area contributed by atoms with Gasteiger partial charge in [0.15, 0.2) is 0 Å². The molecule has 0 unspecified atom stereocenters. The first-order chi connectivity index (χ1) is 17.6. The largest absolute Gasteiger partial charge is 0.497 e. The summed E-state index contributed by atoms with van der Waals surface area (Å²) in [5, 5.41) is 3.13. The Hall–Kier alpha value is -3.05. The summed E-state index contributed by atoms with van der Waals surface area (Å²) in [6.07, 6.45) is 9.77. The van der Waals surface area contributed by atoms with Gasteiger partial charge in [-0.1, -0.05) is 25.0 Å². The van der Waals surface area contributed by atoms with Gasteiger partial charge in [-0.25, -0.2) is 0 Å². The van der Waals surface area contributed by atoms with Crippen LogP contribution in [0.3, 0.4) is 0 Å².